The maximum Gasteiger partial charge on any atom is 0.336 e. The Kier molecular flexibility index (Phi) is 8.24. The van der Waals surface area contributed by atoms with Crippen LogP contribution in [0.25, 0.3) is 28.4 Å². The lowest BCUT2D eigenvalue weighted by atomic mass is 9.99. The van der Waals surface area contributed by atoms with E-state index >= 15 is 0 Å². The normalized spacial score (nSPS) is 22.3. The molecule has 12 heteroatoms. The molecule has 5 rings (SSSR count). The van der Waals surface area contributed by atoms with Crippen molar-refractivity contribution in [1.82, 2.24) is 0 Å². The third-order valence-electron chi connectivity index (χ3n) is 6.55. The lowest BCUT2D eigenvalue weighted by Gasteiger charge is -2.39. The topological polar surface area (TPSA) is 196 Å². The largest absolute Gasteiger partial charge is 0.508 e. The first kappa shape index (κ1) is 28.8. The van der Waals surface area contributed by atoms with Gasteiger partial charge in [-0.2, -0.15) is 0 Å². The molecule has 1 aromatic heterocycles. The number of ether oxygens (including phenoxy) is 3. The molecule has 0 unspecified atom stereocenters. The van der Waals surface area contributed by atoms with Crippen LogP contribution in [0.15, 0.2) is 82.0 Å². The van der Waals surface area contributed by atoms with Gasteiger partial charge in [0, 0.05) is 29.8 Å². The molecule has 0 radical (unpaired) electrons. The van der Waals surface area contributed by atoms with E-state index in [1.54, 1.807) is 24.3 Å². The van der Waals surface area contributed by atoms with Gasteiger partial charge >= 0.3 is 5.97 Å². The summed E-state index contributed by atoms with van der Waals surface area (Å²) in [6, 6.07) is 15.8. The number of aliphatic hydroxyl groups excluding tert-OH is 4. The molecule has 0 saturated carbocycles. The standard InChI is InChI=1S/C30H26O12/c31-14-24-27(36)28(37)29(38)30(42-24)40-18-8-1-15(2-9-18)3-10-25(35)39-19-11-20(33)26-21(34)13-22(41-23(26)12-19)16-4-6-17(32)7-5-16/h1-13,24,27-33,36-38H,14H2/b10-3+/t24-,27-,28+,29-,30-/m1/s1. The highest BCUT2D eigenvalue weighted by Gasteiger charge is 2.44. The summed E-state index contributed by atoms with van der Waals surface area (Å²) in [5.41, 5.74) is 0.570. The summed E-state index contributed by atoms with van der Waals surface area (Å²) >= 11 is 0. The second-order valence-electron chi connectivity index (χ2n) is 9.48. The van der Waals surface area contributed by atoms with Gasteiger partial charge in [0.1, 0.15) is 64.1 Å². The minimum atomic E-state index is -1.57. The fourth-order valence-corrected chi connectivity index (χ4v) is 4.34. The fraction of sp³-hybridized carbons (Fsp3) is 0.200. The smallest absolute Gasteiger partial charge is 0.336 e. The predicted octanol–water partition coefficient (Wildman–Crippen LogP) is 1.67. The average Bonchev–Trinajstić information content (AvgIpc) is 2.97. The van der Waals surface area contributed by atoms with Crippen LogP contribution in [-0.4, -0.2) is 73.9 Å². The molecular weight excluding hydrogens is 552 g/mol. The molecule has 5 atom stereocenters. The van der Waals surface area contributed by atoms with E-state index in [1.807, 2.05) is 0 Å². The van der Waals surface area contributed by atoms with Crippen LogP contribution in [0.3, 0.4) is 0 Å². The van der Waals surface area contributed by atoms with Crippen LogP contribution in [0.4, 0.5) is 0 Å². The monoisotopic (exact) mass is 578 g/mol. The maximum atomic E-state index is 12.6. The second kappa shape index (κ2) is 12.0. The average molecular weight is 579 g/mol. The highest BCUT2D eigenvalue weighted by atomic mass is 16.7. The van der Waals surface area contributed by atoms with Gasteiger partial charge in [-0.3, -0.25) is 4.79 Å². The van der Waals surface area contributed by atoms with Crippen LogP contribution in [0, 0.1) is 0 Å². The lowest BCUT2D eigenvalue weighted by Crippen LogP contribution is -2.60. The molecular formula is C30H26O12. The van der Waals surface area contributed by atoms with E-state index in [-0.39, 0.29) is 34.0 Å². The van der Waals surface area contributed by atoms with E-state index in [2.05, 4.69) is 0 Å². The highest BCUT2D eigenvalue weighted by Crippen LogP contribution is 2.32. The third-order valence-corrected chi connectivity index (χ3v) is 6.55. The van der Waals surface area contributed by atoms with E-state index < -0.39 is 54.5 Å². The second-order valence-corrected chi connectivity index (χ2v) is 9.48. The molecule has 2 heterocycles. The van der Waals surface area contributed by atoms with E-state index in [1.165, 1.54) is 42.5 Å². The van der Waals surface area contributed by atoms with Crippen LogP contribution in [0.1, 0.15) is 5.56 Å². The molecule has 12 nitrogen and oxygen atoms in total. The van der Waals surface area contributed by atoms with Gasteiger partial charge in [-0.05, 0) is 48.0 Å². The molecule has 6 N–H and O–H groups in total. The van der Waals surface area contributed by atoms with Crippen molar-refractivity contribution in [3.63, 3.8) is 0 Å². The number of phenolic OH excluding ortho intramolecular Hbond substituents is 2. The number of phenols is 2. The lowest BCUT2D eigenvalue weighted by molar-refractivity contribution is -0.277. The molecule has 1 aliphatic heterocycles. The summed E-state index contributed by atoms with van der Waals surface area (Å²) in [6.45, 7) is -0.585. The molecule has 1 fully saturated rings. The number of fused-ring (bicyclic) bond motifs is 1. The van der Waals surface area contributed by atoms with Crippen LogP contribution < -0.4 is 14.9 Å². The predicted molar refractivity (Wildman–Crippen MR) is 147 cm³/mol. The van der Waals surface area contributed by atoms with Gasteiger partial charge in [0.05, 0.1) is 6.61 Å². The first-order valence-corrected chi connectivity index (χ1v) is 12.7. The third kappa shape index (κ3) is 6.12. The van der Waals surface area contributed by atoms with Crippen LogP contribution >= 0.6 is 0 Å². The number of aliphatic hydroxyl groups is 4. The Hall–Kier alpha value is -4.72. The minimum absolute atomic E-state index is 0.00709. The molecule has 0 bridgehead atoms. The van der Waals surface area contributed by atoms with Gasteiger partial charge in [0.2, 0.25) is 6.29 Å². The first-order valence-electron chi connectivity index (χ1n) is 12.7. The number of esters is 1. The summed E-state index contributed by atoms with van der Waals surface area (Å²) in [7, 11) is 0. The Balaban J connectivity index is 1.26. The Labute approximate surface area is 237 Å². The number of rotatable bonds is 7. The van der Waals surface area contributed by atoms with Crippen molar-refractivity contribution in [3.05, 3.63) is 88.6 Å². The summed E-state index contributed by atoms with van der Waals surface area (Å²) < 4.78 is 21.9. The van der Waals surface area contributed by atoms with Crippen LogP contribution in [0.2, 0.25) is 0 Å². The molecule has 1 aliphatic rings. The number of carbonyl (C=O) groups excluding carboxylic acids is 1. The molecule has 4 aromatic rings. The highest BCUT2D eigenvalue weighted by molar-refractivity contribution is 5.91. The molecule has 3 aromatic carbocycles. The van der Waals surface area contributed by atoms with E-state index in [9.17, 15) is 40.2 Å². The molecule has 42 heavy (non-hydrogen) atoms. The minimum Gasteiger partial charge on any atom is -0.508 e. The quantitative estimate of drug-likeness (QED) is 0.106. The van der Waals surface area contributed by atoms with Gasteiger partial charge < -0.3 is 49.3 Å². The van der Waals surface area contributed by atoms with E-state index in [0.717, 1.165) is 12.1 Å². The van der Waals surface area contributed by atoms with Crippen molar-refractivity contribution in [3.8, 4) is 34.3 Å². The summed E-state index contributed by atoms with van der Waals surface area (Å²) in [6.07, 6.45) is -4.49. The van der Waals surface area contributed by atoms with Gasteiger partial charge in [0.25, 0.3) is 0 Å². The number of aromatic hydroxyl groups is 2. The maximum absolute atomic E-state index is 12.6. The molecule has 0 amide bonds. The van der Waals surface area contributed by atoms with Crippen molar-refractivity contribution >= 4 is 23.0 Å². The van der Waals surface area contributed by atoms with Gasteiger partial charge in [-0.1, -0.05) is 12.1 Å². The van der Waals surface area contributed by atoms with Crippen LogP contribution in [0.5, 0.6) is 23.0 Å². The van der Waals surface area contributed by atoms with E-state index in [0.29, 0.717) is 11.1 Å². The van der Waals surface area contributed by atoms with E-state index in [4.69, 9.17) is 18.6 Å². The zero-order valence-corrected chi connectivity index (χ0v) is 21.7. The Morgan fingerprint density at radius 2 is 1.60 bits per heavy atom. The molecule has 0 aliphatic carbocycles. The summed E-state index contributed by atoms with van der Waals surface area (Å²) in [5, 5.41) is 59.0. The fourth-order valence-electron chi connectivity index (χ4n) is 4.34. The summed E-state index contributed by atoms with van der Waals surface area (Å²) in [5.74, 6) is -0.802. The Morgan fingerprint density at radius 3 is 2.29 bits per heavy atom. The van der Waals surface area contributed by atoms with Crippen molar-refractivity contribution in [2.24, 2.45) is 0 Å². The number of carbonyl (C=O) groups is 1. The first-order chi connectivity index (χ1) is 20.1. The zero-order valence-electron chi connectivity index (χ0n) is 21.7. The molecule has 1 saturated heterocycles. The van der Waals surface area contributed by atoms with Crippen molar-refractivity contribution < 1.29 is 54.1 Å². The van der Waals surface area contributed by atoms with Crippen LogP contribution in [-0.2, 0) is 9.53 Å². The van der Waals surface area contributed by atoms with Gasteiger partial charge in [-0.15, -0.1) is 0 Å². The van der Waals surface area contributed by atoms with Crippen molar-refractivity contribution in [1.29, 1.82) is 0 Å². The summed E-state index contributed by atoms with van der Waals surface area (Å²) in [4.78, 5) is 25.1. The Morgan fingerprint density at radius 1 is 0.881 bits per heavy atom. The van der Waals surface area contributed by atoms with Gasteiger partial charge in [-0.25, -0.2) is 4.79 Å². The molecule has 218 valence electrons. The van der Waals surface area contributed by atoms with Crippen molar-refractivity contribution in [2.45, 2.75) is 30.7 Å². The Bertz CT molecular complexity index is 1660. The number of hydrogen-bond donors (Lipinski definition) is 6. The van der Waals surface area contributed by atoms with Crippen molar-refractivity contribution in [2.75, 3.05) is 6.61 Å². The van der Waals surface area contributed by atoms with Gasteiger partial charge in [0.15, 0.2) is 5.43 Å². The SMILES string of the molecule is O=C(/C=C/c1ccc(O[C@@H]2O[C@H](CO)[C@@H](O)[C@H](O)[C@H]2O)cc1)Oc1cc(O)c2c(=O)cc(-c3ccc(O)cc3)oc2c1. The number of hydrogen-bond acceptors (Lipinski definition) is 12. The molecule has 0 spiro atoms. The zero-order chi connectivity index (χ0) is 30.0. The number of benzene rings is 3.